The van der Waals surface area contributed by atoms with Gasteiger partial charge in [0.05, 0.1) is 18.8 Å². The number of aliphatic hydroxyl groups excluding tert-OH is 1. The Morgan fingerprint density at radius 1 is 1.17 bits per heavy atom. The van der Waals surface area contributed by atoms with Gasteiger partial charge in [0, 0.05) is 36.5 Å². The molecule has 0 spiro atoms. The van der Waals surface area contributed by atoms with E-state index in [2.05, 4.69) is 33.1 Å². The second-order valence-electron chi connectivity index (χ2n) is 8.33. The Kier molecular flexibility index (Phi) is 8.34. The van der Waals surface area contributed by atoms with E-state index in [1.807, 2.05) is 55.5 Å². The van der Waals surface area contributed by atoms with Crippen molar-refractivity contribution in [1.29, 1.82) is 0 Å². The number of thioether (sulfide) groups is 1. The summed E-state index contributed by atoms with van der Waals surface area (Å²) in [6.07, 6.45) is -1.02. The van der Waals surface area contributed by atoms with Gasteiger partial charge >= 0.3 is 6.03 Å². The Balaban J connectivity index is 1.58. The van der Waals surface area contributed by atoms with Gasteiger partial charge in [-0.1, -0.05) is 55.1 Å². The maximum atomic E-state index is 12.0. The van der Waals surface area contributed by atoms with Crippen LogP contribution >= 0.6 is 11.8 Å². The first-order valence-corrected chi connectivity index (χ1v) is 12.5. The number of carbonyl (C=O) groups is 1. The van der Waals surface area contributed by atoms with Gasteiger partial charge in [-0.15, -0.1) is 5.10 Å². The molecule has 4 rings (SSSR count). The van der Waals surface area contributed by atoms with Gasteiger partial charge in [0.15, 0.2) is 6.29 Å². The number of tetrazole rings is 1. The lowest BCUT2D eigenvalue weighted by Crippen LogP contribution is -2.38. The summed E-state index contributed by atoms with van der Waals surface area (Å²) in [6.45, 7) is 4.50. The molecular formula is C24H30N6O4S. The van der Waals surface area contributed by atoms with Gasteiger partial charge in [-0.05, 0) is 40.6 Å². The first kappa shape index (κ1) is 25.1. The summed E-state index contributed by atoms with van der Waals surface area (Å²) in [5.41, 5.74) is 3.31. The minimum Gasteiger partial charge on any atom is -0.392 e. The SMILES string of the molecule is CCNC(=O)Nc1cccc(C2O[C@H](CSc3nnnn3C)[C@H](C)[C@H](c3ccc(CO)cc3)O2)c1. The highest BCUT2D eigenvalue weighted by molar-refractivity contribution is 7.99. The second kappa shape index (κ2) is 11.6. The van der Waals surface area contributed by atoms with Crippen molar-refractivity contribution < 1.29 is 19.4 Å². The monoisotopic (exact) mass is 498 g/mol. The molecule has 1 aliphatic rings. The molecular weight excluding hydrogens is 468 g/mol. The first-order chi connectivity index (χ1) is 17.0. The molecule has 1 unspecified atom stereocenters. The normalized spacial score (nSPS) is 22.1. The molecule has 2 aromatic carbocycles. The topological polar surface area (TPSA) is 123 Å². The fraction of sp³-hybridized carbons (Fsp3) is 0.417. The number of benzene rings is 2. The van der Waals surface area contributed by atoms with Crippen molar-refractivity contribution in [2.75, 3.05) is 17.6 Å². The van der Waals surface area contributed by atoms with E-state index in [1.165, 1.54) is 11.8 Å². The van der Waals surface area contributed by atoms with Crippen molar-refractivity contribution in [1.82, 2.24) is 25.5 Å². The van der Waals surface area contributed by atoms with Gasteiger partial charge in [0.25, 0.3) is 0 Å². The van der Waals surface area contributed by atoms with Crippen LogP contribution in [0.2, 0.25) is 0 Å². The summed E-state index contributed by atoms with van der Waals surface area (Å²) in [5, 5.41) is 27.4. The number of urea groups is 1. The quantitative estimate of drug-likeness (QED) is 0.404. The summed E-state index contributed by atoms with van der Waals surface area (Å²) in [6, 6.07) is 15.0. The van der Waals surface area contributed by atoms with Gasteiger partial charge in [-0.3, -0.25) is 0 Å². The van der Waals surface area contributed by atoms with Crippen molar-refractivity contribution in [2.45, 2.75) is 44.1 Å². The number of nitrogens with zero attached hydrogens (tertiary/aromatic N) is 4. The Bertz CT molecular complexity index is 1130. The fourth-order valence-corrected chi connectivity index (χ4v) is 4.92. The van der Waals surface area contributed by atoms with Gasteiger partial charge < -0.3 is 25.2 Å². The largest absolute Gasteiger partial charge is 0.392 e. The Hall–Kier alpha value is -2.99. The van der Waals surface area contributed by atoms with Crippen molar-refractivity contribution in [2.24, 2.45) is 13.0 Å². The highest BCUT2D eigenvalue weighted by Crippen LogP contribution is 2.43. The summed E-state index contributed by atoms with van der Waals surface area (Å²) >= 11 is 1.53. The molecule has 0 aliphatic carbocycles. The molecule has 4 atom stereocenters. The molecule has 0 bridgehead atoms. The Labute approximate surface area is 208 Å². The maximum absolute atomic E-state index is 12.0. The lowest BCUT2D eigenvalue weighted by atomic mass is 9.91. The molecule has 1 aliphatic heterocycles. The number of aryl methyl sites for hydroxylation is 1. The van der Waals surface area contributed by atoms with Crippen LogP contribution < -0.4 is 10.6 Å². The van der Waals surface area contributed by atoms with Crippen molar-refractivity contribution in [3.63, 3.8) is 0 Å². The minimum atomic E-state index is -0.632. The molecule has 1 saturated heterocycles. The predicted molar refractivity (Wildman–Crippen MR) is 132 cm³/mol. The second-order valence-corrected chi connectivity index (χ2v) is 9.32. The van der Waals surface area contributed by atoms with E-state index in [0.717, 1.165) is 16.7 Å². The number of rotatable bonds is 8. The average Bonchev–Trinajstić information content (AvgIpc) is 3.28. The van der Waals surface area contributed by atoms with E-state index in [0.29, 0.717) is 23.1 Å². The van der Waals surface area contributed by atoms with Gasteiger partial charge in [-0.25, -0.2) is 9.48 Å². The zero-order valence-electron chi connectivity index (χ0n) is 19.9. The summed E-state index contributed by atoms with van der Waals surface area (Å²) in [4.78, 5) is 12.0. The van der Waals surface area contributed by atoms with Crippen LogP contribution in [0.1, 0.15) is 42.9 Å². The highest BCUT2D eigenvalue weighted by atomic mass is 32.2. The Morgan fingerprint density at radius 3 is 2.66 bits per heavy atom. The summed E-state index contributed by atoms with van der Waals surface area (Å²) < 4.78 is 14.5. The molecule has 2 heterocycles. The molecule has 0 radical (unpaired) electrons. The van der Waals surface area contributed by atoms with Crippen LogP contribution in [0.25, 0.3) is 0 Å². The van der Waals surface area contributed by atoms with Gasteiger partial charge in [0.1, 0.15) is 0 Å². The van der Waals surface area contributed by atoms with Crippen LogP contribution in [-0.4, -0.2) is 49.7 Å². The molecule has 3 N–H and O–H groups in total. The van der Waals surface area contributed by atoms with E-state index in [1.54, 1.807) is 11.7 Å². The minimum absolute atomic E-state index is 0.0104. The van der Waals surface area contributed by atoms with Gasteiger partial charge in [0.2, 0.25) is 5.16 Å². The highest BCUT2D eigenvalue weighted by Gasteiger charge is 2.38. The van der Waals surface area contributed by atoms with Crippen molar-refractivity contribution in [3.05, 3.63) is 65.2 Å². The van der Waals surface area contributed by atoms with Crippen LogP contribution in [-0.2, 0) is 23.1 Å². The smallest absolute Gasteiger partial charge is 0.319 e. The van der Waals surface area contributed by atoms with E-state index in [9.17, 15) is 9.90 Å². The summed E-state index contributed by atoms with van der Waals surface area (Å²) in [5.74, 6) is 0.675. The van der Waals surface area contributed by atoms with E-state index < -0.39 is 6.29 Å². The molecule has 0 saturated carbocycles. The number of hydrogen-bond donors (Lipinski definition) is 3. The molecule has 1 fully saturated rings. The number of carbonyl (C=O) groups excluding carboxylic acids is 1. The van der Waals surface area contributed by atoms with Crippen molar-refractivity contribution in [3.8, 4) is 0 Å². The van der Waals surface area contributed by atoms with Crippen LogP contribution in [0.5, 0.6) is 0 Å². The number of amides is 2. The lowest BCUT2D eigenvalue weighted by molar-refractivity contribution is -0.268. The molecule has 2 amide bonds. The number of nitrogens with one attached hydrogen (secondary N) is 2. The number of anilines is 1. The van der Waals surface area contributed by atoms with Crippen LogP contribution in [0.15, 0.2) is 53.7 Å². The average molecular weight is 499 g/mol. The number of ether oxygens (including phenoxy) is 2. The molecule has 186 valence electrons. The molecule has 35 heavy (non-hydrogen) atoms. The Morgan fingerprint density at radius 2 is 1.97 bits per heavy atom. The first-order valence-electron chi connectivity index (χ1n) is 11.5. The lowest BCUT2D eigenvalue weighted by Gasteiger charge is -2.41. The van der Waals surface area contributed by atoms with E-state index in [-0.39, 0.29) is 30.8 Å². The van der Waals surface area contributed by atoms with Crippen molar-refractivity contribution >= 4 is 23.5 Å². The van der Waals surface area contributed by atoms with E-state index in [4.69, 9.17) is 9.47 Å². The third-order valence-corrected chi connectivity index (χ3v) is 6.93. The fourth-order valence-electron chi connectivity index (χ4n) is 3.91. The van der Waals surface area contributed by atoms with Gasteiger partial charge in [-0.2, -0.15) is 0 Å². The van der Waals surface area contributed by atoms with Crippen LogP contribution in [0.3, 0.4) is 0 Å². The number of aromatic nitrogens is 4. The van der Waals surface area contributed by atoms with E-state index >= 15 is 0 Å². The zero-order chi connectivity index (χ0) is 24.8. The third kappa shape index (κ3) is 6.17. The predicted octanol–water partition coefficient (Wildman–Crippen LogP) is 3.43. The molecule has 1 aromatic heterocycles. The standard InChI is InChI=1S/C24H30N6O4S/c1-4-25-23(32)26-19-7-5-6-18(12-19)22-33-20(14-35-24-27-28-29-30(24)3)15(2)21(34-22)17-10-8-16(13-31)9-11-17/h5-12,15,20-22,31H,4,13-14H2,1-3H3,(H2,25,26,32)/t15-,20+,21+,22?/m0/s1. The number of aliphatic hydroxyl groups is 1. The summed E-state index contributed by atoms with van der Waals surface area (Å²) in [7, 11) is 1.80. The van der Waals surface area contributed by atoms with Crippen LogP contribution in [0, 0.1) is 5.92 Å². The van der Waals surface area contributed by atoms with Crippen LogP contribution in [0.4, 0.5) is 10.5 Å². The molecule has 10 nitrogen and oxygen atoms in total. The number of hydrogen-bond acceptors (Lipinski definition) is 8. The third-order valence-electron chi connectivity index (χ3n) is 5.84. The zero-order valence-corrected chi connectivity index (χ0v) is 20.7. The molecule has 11 heteroatoms. The molecule has 3 aromatic rings. The maximum Gasteiger partial charge on any atom is 0.319 e.